The Morgan fingerprint density at radius 1 is 1.32 bits per heavy atom. The van der Waals surface area contributed by atoms with Crippen molar-refractivity contribution in [2.75, 3.05) is 11.9 Å². The summed E-state index contributed by atoms with van der Waals surface area (Å²) in [7, 11) is 0. The summed E-state index contributed by atoms with van der Waals surface area (Å²) in [5.74, 6) is -1.29. The molecular weight excluding hydrogens is 250 g/mol. The van der Waals surface area contributed by atoms with Gasteiger partial charge in [0.2, 0.25) is 0 Å². The third kappa shape index (κ3) is 3.42. The van der Waals surface area contributed by atoms with Crippen molar-refractivity contribution in [3.8, 4) is 6.07 Å². The molecule has 5 heteroatoms. The molecule has 1 aliphatic carbocycles. The van der Waals surface area contributed by atoms with E-state index in [0.717, 1.165) is 31.4 Å². The molecule has 2 atom stereocenters. The Bertz CT molecular complexity index is 476. The molecule has 1 aromatic rings. The van der Waals surface area contributed by atoms with Crippen molar-refractivity contribution in [2.45, 2.75) is 31.8 Å². The van der Waals surface area contributed by atoms with Gasteiger partial charge >= 0.3 is 0 Å². The first-order valence-electron chi connectivity index (χ1n) is 6.41. The highest BCUT2D eigenvalue weighted by molar-refractivity contribution is 5.50. The Hall–Kier alpha value is -1.67. The molecule has 0 spiro atoms. The molecule has 19 heavy (non-hydrogen) atoms. The Morgan fingerprint density at radius 3 is 2.58 bits per heavy atom. The fourth-order valence-electron chi connectivity index (χ4n) is 2.50. The van der Waals surface area contributed by atoms with Gasteiger partial charge in [0.25, 0.3) is 0 Å². The van der Waals surface area contributed by atoms with Crippen molar-refractivity contribution in [2.24, 2.45) is 5.92 Å². The summed E-state index contributed by atoms with van der Waals surface area (Å²) in [5.41, 5.74) is -0.229. The van der Waals surface area contributed by atoms with Crippen LogP contribution in [-0.2, 0) is 0 Å². The van der Waals surface area contributed by atoms with Gasteiger partial charge in [-0.15, -0.1) is 0 Å². The van der Waals surface area contributed by atoms with E-state index in [1.807, 2.05) is 0 Å². The van der Waals surface area contributed by atoms with E-state index in [-0.39, 0.29) is 23.3 Å². The number of hydrogen-bond donors (Lipinski definition) is 2. The monoisotopic (exact) mass is 266 g/mol. The number of halogens is 2. The molecule has 102 valence electrons. The Morgan fingerprint density at radius 2 is 2.00 bits per heavy atom. The van der Waals surface area contributed by atoms with E-state index in [2.05, 4.69) is 5.32 Å². The van der Waals surface area contributed by atoms with Crippen LogP contribution in [0.4, 0.5) is 14.5 Å². The molecule has 1 aliphatic rings. The lowest BCUT2D eigenvalue weighted by molar-refractivity contribution is 0.104. The molecule has 3 nitrogen and oxygen atoms in total. The summed E-state index contributed by atoms with van der Waals surface area (Å²) in [4.78, 5) is 0. The minimum atomic E-state index is -0.757. The van der Waals surface area contributed by atoms with Crippen molar-refractivity contribution in [1.82, 2.24) is 0 Å². The summed E-state index contributed by atoms with van der Waals surface area (Å²) >= 11 is 0. The molecule has 2 rings (SSSR count). The van der Waals surface area contributed by atoms with Crippen LogP contribution in [0.15, 0.2) is 12.1 Å². The molecule has 0 aromatic heterocycles. The van der Waals surface area contributed by atoms with Crippen molar-refractivity contribution >= 4 is 5.69 Å². The topological polar surface area (TPSA) is 56.0 Å². The second-order valence-corrected chi connectivity index (χ2v) is 4.99. The molecule has 2 unspecified atom stereocenters. The highest BCUT2D eigenvalue weighted by Gasteiger charge is 2.21. The number of anilines is 1. The van der Waals surface area contributed by atoms with Crippen LogP contribution in [0, 0.1) is 28.9 Å². The average molecular weight is 266 g/mol. The van der Waals surface area contributed by atoms with Gasteiger partial charge in [-0.25, -0.2) is 8.78 Å². The molecule has 0 radical (unpaired) electrons. The first-order valence-corrected chi connectivity index (χ1v) is 6.41. The maximum absolute atomic E-state index is 13.6. The largest absolute Gasteiger partial charge is 0.393 e. The van der Waals surface area contributed by atoms with Gasteiger partial charge in [0.15, 0.2) is 11.6 Å². The Balaban J connectivity index is 2.01. The number of hydrogen-bond acceptors (Lipinski definition) is 3. The van der Waals surface area contributed by atoms with Crippen LogP contribution >= 0.6 is 0 Å². The molecule has 0 bridgehead atoms. The fraction of sp³-hybridized carbons (Fsp3) is 0.500. The van der Waals surface area contributed by atoms with Gasteiger partial charge in [-0.2, -0.15) is 5.26 Å². The normalized spacial score (nSPS) is 22.8. The second-order valence-electron chi connectivity index (χ2n) is 4.99. The molecule has 0 heterocycles. The van der Waals surface area contributed by atoms with Crippen LogP contribution in [0.3, 0.4) is 0 Å². The zero-order valence-electron chi connectivity index (χ0n) is 10.5. The van der Waals surface area contributed by atoms with E-state index < -0.39 is 11.6 Å². The van der Waals surface area contributed by atoms with Crippen LogP contribution in [0.2, 0.25) is 0 Å². The summed E-state index contributed by atoms with van der Waals surface area (Å²) in [5, 5.41) is 20.9. The molecule has 0 aliphatic heterocycles. The highest BCUT2D eigenvalue weighted by Crippen LogP contribution is 2.26. The van der Waals surface area contributed by atoms with E-state index in [9.17, 15) is 13.9 Å². The second kappa shape index (κ2) is 5.98. The van der Waals surface area contributed by atoms with Gasteiger partial charge in [0.1, 0.15) is 5.69 Å². The zero-order chi connectivity index (χ0) is 13.8. The van der Waals surface area contributed by atoms with Gasteiger partial charge in [-0.05, 0) is 37.3 Å². The van der Waals surface area contributed by atoms with Crippen LogP contribution in [-0.4, -0.2) is 17.8 Å². The van der Waals surface area contributed by atoms with Crippen LogP contribution in [0.25, 0.3) is 0 Å². The summed E-state index contributed by atoms with van der Waals surface area (Å²) in [6, 6.07) is 3.74. The highest BCUT2D eigenvalue weighted by atomic mass is 19.1. The molecule has 1 fully saturated rings. The van der Waals surface area contributed by atoms with Gasteiger partial charge in [0, 0.05) is 6.54 Å². The third-order valence-corrected chi connectivity index (χ3v) is 3.49. The van der Waals surface area contributed by atoms with Crippen molar-refractivity contribution in [1.29, 1.82) is 5.26 Å². The number of rotatable bonds is 3. The molecule has 0 saturated heterocycles. The lowest BCUT2D eigenvalue weighted by Crippen LogP contribution is -2.25. The average Bonchev–Trinajstić information content (AvgIpc) is 2.37. The first-order chi connectivity index (χ1) is 9.10. The minimum absolute atomic E-state index is 0.0337. The van der Waals surface area contributed by atoms with Gasteiger partial charge in [0.05, 0.1) is 17.7 Å². The van der Waals surface area contributed by atoms with Gasteiger partial charge in [-0.3, -0.25) is 0 Å². The summed E-state index contributed by atoms with van der Waals surface area (Å²) in [6.45, 7) is 0.427. The SMILES string of the molecule is N#Cc1cc(F)c(NCC2CCCC(O)C2)c(F)c1. The smallest absolute Gasteiger partial charge is 0.150 e. The Kier molecular flexibility index (Phi) is 4.33. The maximum Gasteiger partial charge on any atom is 0.150 e. The number of aliphatic hydroxyl groups is 1. The predicted octanol–water partition coefficient (Wildman–Crippen LogP) is 2.80. The van der Waals surface area contributed by atoms with Crippen molar-refractivity contribution in [3.63, 3.8) is 0 Å². The van der Waals surface area contributed by atoms with E-state index >= 15 is 0 Å². The fourth-order valence-corrected chi connectivity index (χ4v) is 2.50. The van der Waals surface area contributed by atoms with Crippen molar-refractivity contribution in [3.05, 3.63) is 29.3 Å². The van der Waals surface area contributed by atoms with E-state index in [1.54, 1.807) is 6.07 Å². The molecule has 1 aromatic carbocycles. The quantitative estimate of drug-likeness (QED) is 0.884. The molecule has 2 N–H and O–H groups in total. The third-order valence-electron chi connectivity index (χ3n) is 3.49. The number of aliphatic hydroxyl groups excluding tert-OH is 1. The lowest BCUT2D eigenvalue weighted by atomic mass is 9.87. The molecule has 1 saturated carbocycles. The number of nitrogens with one attached hydrogen (secondary N) is 1. The van der Waals surface area contributed by atoms with Crippen molar-refractivity contribution < 1.29 is 13.9 Å². The van der Waals surface area contributed by atoms with Crippen LogP contribution in [0.5, 0.6) is 0 Å². The lowest BCUT2D eigenvalue weighted by Gasteiger charge is -2.26. The zero-order valence-corrected chi connectivity index (χ0v) is 10.5. The standard InChI is InChI=1S/C14H16F2N2O/c15-12-5-10(7-17)6-13(16)14(12)18-8-9-2-1-3-11(19)4-9/h5-6,9,11,18-19H,1-4,8H2. The minimum Gasteiger partial charge on any atom is -0.393 e. The Labute approximate surface area is 110 Å². The van der Waals surface area contributed by atoms with Gasteiger partial charge < -0.3 is 10.4 Å². The van der Waals surface area contributed by atoms with Crippen LogP contribution < -0.4 is 5.32 Å². The van der Waals surface area contributed by atoms with E-state index in [0.29, 0.717) is 13.0 Å². The number of nitriles is 1. The number of benzene rings is 1. The van der Waals surface area contributed by atoms with Gasteiger partial charge in [-0.1, -0.05) is 6.42 Å². The first kappa shape index (κ1) is 13.8. The van der Waals surface area contributed by atoms with E-state index in [4.69, 9.17) is 5.26 Å². The van der Waals surface area contributed by atoms with Crippen LogP contribution in [0.1, 0.15) is 31.2 Å². The molecule has 0 amide bonds. The van der Waals surface area contributed by atoms with E-state index in [1.165, 1.54) is 0 Å². The summed E-state index contributed by atoms with van der Waals surface area (Å²) in [6.07, 6.45) is 3.04. The molecular formula is C14H16F2N2O. The maximum atomic E-state index is 13.6. The predicted molar refractivity (Wildman–Crippen MR) is 67.5 cm³/mol. The number of nitrogens with zero attached hydrogens (tertiary/aromatic N) is 1. The summed E-state index contributed by atoms with van der Waals surface area (Å²) < 4.78 is 27.3.